The zero-order chi connectivity index (χ0) is 23.8. The van der Waals surface area contributed by atoms with Crippen LogP contribution in [0.1, 0.15) is 5.69 Å². The van der Waals surface area contributed by atoms with Crippen LogP contribution in [-0.4, -0.2) is 39.6 Å². The minimum Gasteiger partial charge on any atom is -0.383 e. The minimum atomic E-state index is -0.181. The van der Waals surface area contributed by atoms with E-state index in [-0.39, 0.29) is 17.2 Å². The number of ether oxygens (including phenoxy) is 1. The number of hydrogen-bond donors (Lipinski definition) is 3. The number of allylic oxidation sites excluding steroid dienone is 1. The van der Waals surface area contributed by atoms with Gasteiger partial charge in [0.2, 0.25) is 0 Å². The van der Waals surface area contributed by atoms with Crippen molar-refractivity contribution < 1.29 is 4.74 Å². The number of nitrogens with zero attached hydrogens (tertiary/aromatic N) is 2. The highest BCUT2D eigenvalue weighted by Gasteiger charge is 2.19. The van der Waals surface area contributed by atoms with Gasteiger partial charge < -0.3 is 29.6 Å². The smallest absolute Gasteiger partial charge is 0.274 e. The van der Waals surface area contributed by atoms with Crippen LogP contribution in [0.4, 0.5) is 0 Å². The Bertz CT molecular complexity index is 1540. The Morgan fingerprint density at radius 3 is 2.47 bits per heavy atom. The fraction of sp³-hybridized carbons (Fsp3) is 0.192. The van der Waals surface area contributed by atoms with E-state index in [9.17, 15) is 9.59 Å². The summed E-state index contributed by atoms with van der Waals surface area (Å²) in [6.07, 6.45) is 6.60. The van der Waals surface area contributed by atoms with E-state index in [4.69, 9.17) is 10.1 Å². The number of aromatic nitrogens is 3. The molecule has 0 saturated carbocycles. The number of nitrogens with one attached hydrogen (secondary N) is 3. The maximum Gasteiger partial charge on any atom is 0.274 e. The molecule has 1 saturated heterocycles. The highest BCUT2D eigenvalue weighted by atomic mass is 16.5. The lowest BCUT2D eigenvalue weighted by atomic mass is 9.95. The molecule has 1 fully saturated rings. The number of H-pyrrole nitrogens is 1. The molecule has 0 unspecified atom stereocenters. The molecule has 0 atom stereocenters. The minimum absolute atomic E-state index is 0.139. The summed E-state index contributed by atoms with van der Waals surface area (Å²) in [5.41, 5.74) is 4.73. The van der Waals surface area contributed by atoms with Crippen molar-refractivity contribution in [2.24, 2.45) is 14.1 Å². The normalized spacial score (nSPS) is 14.2. The van der Waals surface area contributed by atoms with Gasteiger partial charge in [0.25, 0.3) is 11.1 Å². The van der Waals surface area contributed by atoms with E-state index in [1.807, 2.05) is 42.6 Å². The molecular formula is C26H25N5O3. The van der Waals surface area contributed by atoms with E-state index in [1.54, 1.807) is 37.1 Å². The SMILES string of the molecule is Cn1cc(-c2ccccc2)c(-c2cn(C)c(=O)c3[nH]c(/C(C=N)=C/NC4COC4)cc23)cc1=O. The molecule has 1 aromatic carbocycles. The van der Waals surface area contributed by atoms with Gasteiger partial charge in [-0.3, -0.25) is 9.59 Å². The van der Waals surface area contributed by atoms with E-state index in [0.717, 1.165) is 22.3 Å². The number of rotatable bonds is 6. The summed E-state index contributed by atoms with van der Waals surface area (Å²) >= 11 is 0. The fourth-order valence-electron chi connectivity index (χ4n) is 4.14. The molecule has 8 nitrogen and oxygen atoms in total. The number of pyridine rings is 2. The van der Waals surface area contributed by atoms with Crippen LogP contribution in [-0.2, 0) is 18.8 Å². The molecule has 34 heavy (non-hydrogen) atoms. The van der Waals surface area contributed by atoms with Gasteiger partial charge in [0, 0.05) is 72.8 Å². The predicted octanol–water partition coefficient (Wildman–Crippen LogP) is 2.88. The van der Waals surface area contributed by atoms with Crippen molar-refractivity contribution in [3.63, 3.8) is 0 Å². The Balaban J connectivity index is 1.73. The van der Waals surface area contributed by atoms with Gasteiger partial charge in [-0.1, -0.05) is 30.3 Å². The van der Waals surface area contributed by atoms with Crippen molar-refractivity contribution in [1.29, 1.82) is 5.41 Å². The van der Waals surface area contributed by atoms with Gasteiger partial charge in [-0.05, 0) is 17.2 Å². The Kier molecular flexibility index (Phi) is 5.51. The van der Waals surface area contributed by atoms with Crippen LogP contribution in [0.3, 0.4) is 0 Å². The first-order valence-electron chi connectivity index (χ1n) is 11.0. The third-order valence-corrected chi connectivity index (χ3v) is 6.15. The highest BCUT2D eigenvalue weighted by molar-refractivity contribution is 6.10. The van der Waals surface area contributed by atoms with Gasteiger partial charge in [-0.25, -0.2) is 0 Å². The average Bonchev–Trinajstić information content (AvgIpc) is 3.25. The standard InChI is InChI=1S/C26H25N5O3/c1-30-12-21(16-6-4-3-5-7-16)19(9-24(30)32)22-13-31(2)26(33)25-20(22)8-23(29-25)17(10-27)11-28-18-14-34-15-18/h3-13,18,27-29H,14-15H2,1-2H3/b17-11+,27-10?. The van der Waals surface area contributed by atoms with Crippen molar-refractivity contribution in [1.82, 2.24) is 19.4 Å². The average molecular weight is 456 g/mol. The first-order valence-corrected chi connectivity index (χ1v) is 11.0. The van der Waals surface area contributed by atoms with Gasteiger partial charge in [0.15, 0.2) is 0 Å². The second-order valence-corrected chi connectivity index (χ2v) is 8.49. The molecule has 0 spiro atoms. The van der Waals surface area contributed by atoms with Crippen molar-refractivity contribution in [3.8, 4) is 22.3 Å². The van der Waals surface area contributed by atoms with Crippen LogP contribution >= 0.6 is 0 Å². The van der Waals surface area contributed by atoms with E-state index >= 15 is 0 Å². The lowest BCUT2D eigenvalue weighted by Crippen LogP contribution is -2.43. The van der Waals surface area contributed by atoms with E-state index in [1.165, 1.54) is 10.8 Å². The number of aromatic amines is 1. The largest absolute Gasteiger partial charge is 0.383 e. The molecule has 4 heterocycles. The molecule has 4 aromatic rings. The molecule has 0 aliphatic carbocycles. The van der Waals surface area contributed by atoms with Crippen molar-refractivity contribution in [2.75, 3.05) is 13.2 Å². The lowest BCUT2D eigenvalue weighted by Gasteiger charge is -2.26. The maximum absolute atomic E-state index is 13.0. The molecule has 172 valence electrons. The summed E-state index contributed by atoms with van der Waals surface area (Å²) in [6, 6.07) is 13.5. The molecule has 0 amide bonds. The number of aryl methyl sites for hydroxylation is 2. The summed E-state index contributed by atoms with van der Waals surface area (Å²) in [5.74, 6) is 0. The fourth-order valence-corrected chi connectivity index (χ4v) is 4.14. The third kappa shape index (κ3) is 3.78. The molecule has 0 radical (unpaired) electrons. The zero-order valence-electron chi connectivity index (χ0n) is 19.0. The first-order chi connectivity index (χ1) is 16.5. The summed E-state index contributed by atoms with van der Waals surface area (Å²) in [7, 11) is 3.42. The molecule has 3 aromatic heterocycles. The monoisotopic (exact) mass is 455 g/mol. The Morgan fingerprint density at radius 2 is 1.79 bits per heavy atom. The summed E-state index contributed by atoms with van der Waals surface area (Å²) in [6.45, 7) is 1.26. The molecular weight excluding hydrogens is 430 g/mol. The van der Waals surface area contributed by atoms with Gasteiger partial charge in [0.05, 0.1) is 19.3 Å². The van der Waals surface area contributed by atoms with Crippen LogP contribution in [0.5, 0.6) is 0 Å². The highest BCUT2D eigenvalue weighted by Crippen LogP contribution is 2.35. The quantitative estimate of drug-likeness (QED) is 0.389. The lowest BCUT2D eigenvalue weighted by molar-refractivity contribution is 0.000843. The van der Waals surface area contributed by atoms with Gasteiger partial charge in [0.1, 0.15) is 5.52 Å². The summed E-state index contributed by atoms with van der Waals surface area (Å²) in [5, 5.41) is 11.8. The van der Waals surface area contributed by atoms with E-state index in [0.29, 0.717) is 35.4 Å². The van der Waals surface area contributed by atoms with Crippen LogP contribution < -0.4 is 16.4 Å². The Hall–Kier alpha value is -4.17. The number of benzene rings is 1. The second-order valence-electron chi connectivity index (χ2n) is 8.49. The Morgan fingerprint density at radius 1 is 1.06 bits per heavy atom. The van der Waals surface area contributed by atoms with Crippen molar-refractivity contribution in [3.05, 3.63) is 87.5 Å². The maximum atomic E-state index is 13.0. The molecule has 8 heteroatoms. The van der Waals surface area contributed by atoms with Crippen LogP contribution in [0.15, 0.2) is 70.6 Å². The van der Waals surface area contributed by atoms with Crippen LogP contribution in [0.2, 0.25) is 0 Å². The van der Waals surface area contributed by atoms with Crippen LogP contribution in [0, 0.1) is 5.41 Å². The number of fused-ring (bicyclic) bond motifs is 1. The van der Waals surface area contributed by atoms with Crippen molar-refractivity contribution >= 4 is 22.7 Å². The van der Waals surface area contributed by atoms with E-state index in [2.05, 4.69) is 10.3 Å². The molecule has 0 bridgehead atoms. The topological polar surface area (TPSA) is 105 Å². The van der Waals surface area contributed by atoms with E-state index < -0.39 is 0 Å². The molecule has 5 rings (SSSR count). The van der Waals surface area contributed by atoms with Crippen molar-refractivity contribution in [2.45, 2.75) is 6.04 Å². The van der Waals surface area contributed by atoms with Crippen LogP contribution in [0.25, 0.3) is 38.7 Å². The second kappa shape index (κ2) is 8.64. The summed E-state index contributed by atoms with van der Waals surface area (Å²) < 4.78 is 8.26. The Labute approximate surface area is 195 Å². The van der Waals surface area contributed by atoms with Gasteiger partial charge >= 0.3 is 0 Å². The predicted molar refractivity (Wildman–Crippen MR) is 134 cm³/mol. The van der Waals surface area contributed by atoms with Gasteiger partial charge in [-0.15, -0.1) is 0 Å². The third-order valence-electron chi connectivity index (χ3n) is 6.15. The zero-order valence-corrected chi connectivity index (χ0v) is 19.0. The molecule has 3 N–H and O–H groups in total. The molecule has 1 aliphatic heterocycles. The molecule has 1 aliphatic rings. The van der Waals surface area contributed by atoms with Gasteiger partial charge in [-0.2, -0.15) is 0 Å². The number of hydrogen-bond acceptors (Lipinski definition) is 5. The first kappa shape index (κ1) is 21.7. The summed E-state index contributed by atoms with van der Waals surface area (Å²) in [4.78, 5) is 28.9.